The number of benzene rings is 1. The number of carbonyl (C=O) groups excluding carboxylic acids is 1. The molecule has 3 rings (SSSR count). The van der Waals surface area contributed by atoms with E-state index in [4.69, 9.17) is 5.53 Å². The van der Waals surface area contributed by atoms with E-state index in [1.54, 1.807) is 6.07 Å². The Balaban J connectivity index is 1.71. The molecule has 7 nitrogen and oxygen atoms in total. The number of hydrogen-bond donors (Lipinski definition) is 3. The minimum atomic E-state index is -0.695. The molecule has 0 saturated heterocycles. The number of rotatable bonds is 4. The van der Waals surface area contributed by atoms with Gasteiger partial charge in [-0.15, -0.1) is 0 Å². The first-order valence-electron chi connectivity index (χ1n) is 8.98. The third-order valence-electron chi connectivity index (χ3n) is 5.23. The van der Waals surface area contributed by atoms with Crippen molar-refractivity contribution in [2.24, 2.45) is 11.0 Å². The Labute approximate surface area is 156 Å². The molecule has 1 aliphatic carbocycles. The first-order valence-corrected chi connectivity index (χ1v) is 8.98. The largest absolute Gasteiger partial charge is 0.390 e. The Kier molecular flexibility index (Phi) is 5.30. The van der Waals surface area contributed by atoms with Crippen LogP contribution in [0, 0.1) is 17.3 Å². The molecule has 27 heavy (non-hydrogen) atoms. The highest BCUT2D eigenvalue weighted by atomic mass is 19.1. The molecule has 0 atom stereocenters. The fraction of sp³-hybridized carbons (Fsp3) is 0.474. The molecule has 1 saturated carbocycles. The van der Waals surface area contributed by atoms with Gasteiger partial charge in [0.15, 0.2) is 16.6 Å². The molecule has 1 aliphatic rings. The molecule has 1 aromatic carbocycles. The Bertz CT molecular complexity index is 910. The van der Waals surface area contributed by atoms with E-state index in [-0.39, 0.29) is 23.6 Å². The lowest BCUT2D eigenvalue weighted by atomic mass is 9.77. The number of pyridine rings is 1. The summed E-state index contributed by atoms with van der Waals surface area (Å²) < 4.78 is 14.0. The standard InChI is InChI=1S/C19H22FN5O2/c1-19(2,27)13-3-5-14(6-4-13)23-18(26)12-7-11-8-15(20)17(24-25-21)9-16(11)22-10-12/h7-10,13-14,21,27H,3-6H2,1-2H3/p+1. The van der Waals surface area contributed by atoms with E-state index in [2.05, 4.69) is 20.3 Å². The number of aromatic nitrogens is 1. The van der Waals surface area contributed by atoms with E-state index >= 15 is 0 Å². The third-order valence-corrected chi connectivity index (χ3v) is 5.23. The smallest absolute Gasteiger partial charge is 0.253 e. The predicted molar refractivity (Wildman–Crippen MR) is 98.2 cm³/mol. The quantitative estimate of drug-likeness (QED) is 0.563. The van der Waals surface area contributed by atoms with Gasteiger partial charge in [0, 0.05) is 23.7 Å². The number of halogens is 1. The van der Waals surface area contributed by atoms with Crippen molar-refractivity contribution in [3.05, 3.63) is 35.8 Å². The van der Waals surface area contributed by atoms with Crippen LogP contribution in [0.5, 0.6) is 0 Å². The van der Waals surface area contributed by atoms with Gasteiger partial charge in [0.1, 0.15) is 5.53 Å². The van der Waals surface area contributed by atoms with Gasteiger partial charge in [0.2, 0.25) is 4.91 Å². The molecule has 1 heterocycles. The highest BCUT2D eigenvalue weighted by Crippen LogP contribution is 2.32. The molecular weight excluding hydrogens is 349 g/mol. The predicted octanol–water partition coefficient (Wildman–Crippen LogP) is 3.62. The minimum Gasteiger partial charge on any atom is -0.390 e. The maximum atomic E-state index is 14.0. The summed E-state index contributed by atoms with van der Waals surface area (Å²) in [5.74, 6) is -0.625. The molecule has 0 aliphatic heterocycles. The maximum Gasteiger partial charge on any atom is 0.253 e. The highest BCUT2D eigenvalue weighted by molar-refractivity contribution is 5.97. The topological polar surface area (TPSA) is 113 Å². The van der Waals surface area contributed by atoms with Crippen LogP contribution in [-0.2, 0) is 0 Å². The van der Waals surface area contributed by atoms with E-state index in [0.29, 0.717) is 16.5 Å². The van der Waals surface area contributed by atoms with Gasteiger partial charge in [-0.3, -0.25) is 9.78 Å². The van der Waals surface area contributed by atoms with Gasteiger partial charge in [0.05, 0.1) is 16.7 Å². The molecule has 142 valence electrons. The molecule has 0 radical (unpaired) electrons. The van der Waals surface area contributed by atoms with Crippen LogP contribution in [0.4, 0.5) is 10.1 Å². The molecule has 3 N–H and O–H groups in total. The van der Waals surface area contributed by atoms with Crippen LogP contribution in [0.2, 0.25) is 0 Å². The van der Waals surface area contributed by atoms with Gasteiger partial charge in [-0.05, 0) is 57.6 Å². The summed E-state index contributed by atoms with van der Waals surface area (Å²) in [6, 6.07) is 4.27. The van der Waals surface area contributed by atoms with Gasteiger partial charge in [-0.25, -0.2) is 4.39 Å². The summed E-state index contributed by atoms with van der Waals surface area (Å²) in [7, 11) is 0. The highest BCUT2D eigenvalue weighted by Gasteiger charge is 2.31. The molecule has 1 fully saturated rings. The molecular formula is C19H23FN5O2+. The average molecular weight is 372 g/mol. The van der Waals surface area contributed by atoms with Gasteiger partial charge >= 0.3 is 0 Å². The summed E-state index contributed by atoms with van der Waals surface area (Å²) in [6.07, 6.45) is 4.81. The Hall–Kier alpha value is -2.70. The van der Waals surface area contributed by atoms with Crippen molar-refractivity contribution in [2.45, 2.75) is 51.2 Å². The zero-order valence-electron chi connectivity index (χ0n) is 15.4. The van der Waals surface area contributed by atoms with Crippen LogP contribution in [-0.4, -0.2) is 27.6 Å². The van der Waals surface area contributed by atoms with Gasteiger partial charge in [-0.1, -0.05) is 0 Å². The lowest BCUT2D eigenvalue weighted by molar-refractivity contribution is -0.00257. The fourth-order valence-corrected chi connectivity index (χ4v) is 3.61. The second-order valence-corrected chi connectivity index (χ2v) is 7.60. The molecule has 0 bridgehead atoms. The lowest BCUT2D eigenvalue weighted by Gasteiger charge is -2.36. The van der Waals surface area contributed by atoms with Crippen molar-refractivity contribution in [1.82, 2.24) is 15.2 Å². The van der Waals surface area contributed by atoms with E-state index in [0.717, 1.165) is 25.7 Å². The average Bonchev–Trinajstić information content (AvgIpc) is 2.62. The maximum absolute atomic E-state index is 14.0. The van der Waals surface area contributed by atoms with E-state index in [1.165, 1.54) is 18.3 Å². The Morgan fingerprint density at radius 2 is 2.04 bits per heavy atom. The second-order valence-electron chi connectivity index (χ2n) is 7.60. The zero-order chi connectivity index (χ0) is 19.6. The van der Waals surface area contributed by atoms with E-state index < -0.39 is 11.4 Å². The van der Waals surface area contributed by atoms with Gasteiger partial charge in [0.25, 0.3) is 5.91 Å². The van der Waals surface area contributed by atoms with Gasteiger partial charge in [-0.2, -0.15) is 0 Å². The van der Waals surface area contributed by atoms with Crippen LogP contribution in [0.3, 0.4) is 0 Å². The summed E-state index contributed by atoms with van der Waals surface area (Å²) >= 11 is 0. The third kappa shape index (κ3) is 4.35. The SMILES string of the molecule is CC(C)(O)C1CCC(NC(=O)c2cnc3cc(N=[N+]=N)c(F)cc3c2)CC1. The van der Waals surface area contributed by atoms with Crippen molar-refractivity contribution in [3.63, 3.8) is 0 Å². The molecule has 0 spiro atoms. The van der Waals surface area contributed by atoms with Crippen molar-refractivity contribution >= 4 is 22.5 Å². The van der Waals surface area contributed by atoms with Crippen LogP contribution >= 0.6 is 0 Å². The first-order chi connectivity index (χ1) is 12.8. The van der Waals surface area contributed by atoms with Crippen molar-refractivity contribution in [3.8, 4) is 0 Å². The summed E-state index contributed by atoms with van der Waals surface area (Å²) in [5, 5.41) is 17.0. The number of hydrogen-bond acceptors (Lipinski definition) is 5. The van der Waals surface area contributed by atoms with E-state index in [9.17, 15) is 14.3 Å². The summed E-state index contributed by atoms with van der Waals surface area (Å²) in [4.78, 5) is 19.6. The lowest BCUT2D eigenvalue weighted by Crippen LogP contribution is -2.41. The molecule has 2 aromatic rings. The zero-order valence-corrected chi connectivity index (χ0v) is 15.4. The Morgan fingerprint density at radius 1 is 1.33 bits per heavy atom. The van der Waals surface area contributed by atoms with Gasteiger partial charge < -0.3 is 10.4 Å². The van der Waals surface area contributed by atoms with Crippen molar-refractivity contribution in [2.75, 3.05) is 0 Å². The van der Waals surface area contributed by atoms with Crippen molar-refractivity contribution < 1.29 is 14.3 Å². The number of carbonyl (C=O) groups is 1. The number of amides is 1. The summed E-state index contributed by atoms with van der Waals surface area (Å²) in [6.45, 7) is 3.65. The van der Waals surface area contributed by atoms with E-state index in [1.807, 2.05) is 13.8 Å². The number of nitrogens with zero attached hydrogens (tertiary/aromatic N) is 3. The number of nitrogens with one attached hydrogen (secondary N) is 2. The van der Waals surface area contributed by atoms with Crippen LogP contribution in [0.15, 0.2) is 29.5 Å². The second kappa shape index (κ2) is 7.50. The normalized spacial score (nSPS) is 20.1. The number of fused-ring (bicyclic) bond motifs is 1. The Morgan fingerprint density at radius 3 is 2.67 bits per heavy atom. The molecule has 0 unspecified atom stereocenters. The number of aliphatic hydroxyl groups is 1. The van der Waals surface area contributed by atoms with Crippen LogP contribution in [0.25, 0.3) is 10.9 Å². The molecule has 8 heteroatoms. The first kappa shape index (κ1) is 19.1. The summed E-state index contributed by atoms with van der Waals surface area (Å²) in [5.41, 5.74) is 6.79. The van der Waals surface area contributed by atoms with Crippen molar-refractivity contribution in [1.29, 1.82) is 5.53 Å². The monoisotopic (exact) mass is 372 g/mol. The fourth-order valence-electron chi connectivity index (χ4n) is 3.61. The minimum absolute atomic E-state index is 0.0587. The van der Waals surface area contributed by atoms with Crippen LogP contribution < -0.4 is 10.2 Å². The molecule has 1 amide bonds. The molecule has 1 aromatic heterocycles. The van der Waals surface area contributed by atoms with Crippen LogP contribution in [0.1, 0.15) is 49.9 Å².